The van der Waals surface area contributed by atoms with E-state index in [1.165, 1.54) is 44.3 Å². The number of carbonyl (C=O) groups is 3. The molecule has 41 heavy (non-hydrogen) atoms. The van der Waals surface area contributed by atoms with E-state index in [4.69, 9.17) is 4.74 Å². The van der Waals surface area contributed by atoms with Crippen LogP contribution in [0.1, 0.15) is 16.7 Å². The molecule has 0 saturated heterocycles. The SMILES string of the molecule is COC(=O)Cc1cccc(C(Nc2ccc(N(CC(=O)N(C)C)S(C)(=O)=O)cc2)=C2C(=O)Nc3cc(F)ccc32)c1. The Balaban J connectivity index is 1.78. The second-order valence-electron chi connectivity index (χ2n) is 9.58. The van der Waals surface area contributed by atoms with Gasteiger partial charge in [-0.05, 0) is 59.7 Å². The lowest BCUT2D eigenvalue weighted by molar-refractivity contribution is -0.139. The Morgan fingerprint density at radius 3 is 2.37 bits per heavy atom. The lowest BCUT2D eigenvalue weighted by Gasteiger charge is -2.24. The van der Waals surface area contributed by atoms with E-state index in [9.17, 15) is 27.2 Å². The summed E-state index contributed by atoms with van der Waals surface area (Å²) in [7, 11) is 0.609. The van der Waals surface area contributed by atoms with E-state index in [-0.39, 0.29) is 30.1 Å². The number of likely N-dealkylation sites (N-methyl/N-ethyl adjacent to an activating group) is 1. The van der Waals surface area contributed by atoms with E-state index in [1.807, 2.05) is 0 Å². The number of esters is 1. The highest BCUT2D eigenvalue weighted by Crippen LogP contribution is 2.38. The van der Waals surface area contributed by atoms with Gasteiger partial charge in [0.15, 0.2) is 0 Å². The van der Waals surface area contributed by atoms with Crippen LogP contribution in [0.25, 0.3) is 11.3 Å². The van der Waals surface area contributed by atoms with Crippen LogP contribution in [0.5, 0.6) is 0 Å². The summed E-state index contributed by atoms with van der Waals surface area (Å²) in [5.41, 5.74) is 3.46. The van der Waals surface area contributed by atoms with Crippen LogP contribution < -0.4 is 14.9 Å². The third kappa shape index (κ3) is 6.72. The molecule has 0 unspecified atom stereocenters. The largest absolute Gasteiger partial charge is 0.469 e. The van der Waals surface area contributed by atoms with E-state index in [2.05, 4.69) is 10.6 Å². The molecule has 0 radical (unpaired) electrons. The maximum atomic E-state index is 13.9. The number of halogens is 1. The van der Waals surface area contributed by atoms with Crippen molar-refractivity contribution in [2.45, 2.75) is 6.42 Å². The smallest absolute Gasteiger partial charge is 0.309 e. The molecule has 2 N–H and O–H groups in total. The number of amides is 2. The molecule has 0 fully saturated rings. The molecule has 12 heteroatoms. The molecule has 0 spiro atoms. The lowest BCUT2D eigenvalue weighted by atomic mass is 9.98. The van der Waals surface area contributed by atoms with Crippen molar-refractivity contribution in [3.05, 3.63) is 89.2 Å². The van der Waals surface area contributed by atoms with Gasteiger partial charge in [-0.1, -0.05) is 18.2 Å². The number of fused-ring (bicyclic) bond motifs is 1. The fourth-order valence-electron chi connectivity index (χ4n) is 4.27. The van der Waals surface area contributed by atoms with Crippen LogP contribution in [-0.2, 0) is 35.6 Å². The average Bonchev–Trinajstić information content (AvgIpc) is 3.24. The third-order valence-electron chi connectivity index (χ3n) is 6.37. The van der Waals surface area contributed by atoms with Crippen molar-refractivity contribution in [2.24, 2.45) is 0 Å². The van der Waals surface area contributed by atoms with Gasteiger partial charge < -0.3 is 20.3 Å². The molecule has 3 aromatic rings. The topological polar surface area (TPSA) is 125 Å². The minimum absolute atomic E-state index is 0.0165. The summed E-state index contributed by atoms with van der Waals surface area (Å²) in [6.07, 6.45) is 1.04. The van der Waals surface area contributed by atoms with E-state index in [1.54, 1.807) is 48.5 Å². The number of hydrogen-bond donors (Lipinski definition) is 2. The number of carbonyl (C=O) groups excluding carboxylic acids is 3. The van der Waals surface area contributed by atoms with E-state index in [0.29, 0.717) is 33.8 Å². The Bertz CT molecular complexity index is 1650. The van der Waals surface area contributed by atoms with Crippen molar-refractivity contribution in [1.82, 2.24) is 4.90 Å². The first-order valence-corrected chi connectivity index (χ1v) is 14.3. The molecule has 1 heterocycles. The molecule has 3 aromatic carbocycles. The Morgan fingerprint density at radius 2 is 1.73 bits per heavy atom. The number of methoxy groups -OCH3 is 1. The summed E-state index contributed by atoms with van der Waals surface area (Å²) in [5.74, 6) is -1.77. The second-order valence-corrected chi connectivity index (χ2v) is 11.5. The molecular formula is C29H29FN4O6S. The van der Waals surface area contributed by atoms with E-state index >= 15 is 0 Å². The van der Waals surface area contributed by atoms with Crippen LogP contribution in [0.3, 0.4) is 0 Å². The number of sulfonamides is 1. The summed E-state index contributed by atoms with van der Waals surface area (Å²) in [4.78, 5) is 38.6. The number of rotatable bonds is 9. The number of ether oxygens (including phenoxy) is 1. The zero-order valence-electron chi connectivity index (χ0n) is 22.9. The fourth-order valence-corrected chi connectivity index (χ4v) is 5.12. The van der Waals surface area contributed by atoms with Crippen LogP contribution in [0.4, 0.5) is 21.5 Å². The van der Waals surface area contributed by atoms with E-state index in [0.717, 1.165) is 10.6 Å². The van der Waals surface area contributed by atoms with Crippen molar-refractivity contribution < 1.29 is 31.9 Å². The molecule has 214 valence electrons. The maximum absolute atomic E-state index is 13.9. The molecule has 4 rings (SSSR count). The van der Waals surface area contributed by atoms with Gasteiger partial charge in [-0.15, -0.1) is 0 Å². The number of nitrogens with zero attached hydrogens (tertiary/aromatic N) is 2. The highest BCUT2D eigenvalue weighted by atomic mass is 32.2. The first-order chi connectivity index (χ1) is 19.4. The monoisotopic (exact) mass is 580 g/mol. The number of hydrogen-bond acceptors (Lipinski definition) is 7. The van der Waals surface area contributed by atoms with Gasteiger partial charge in [0.1, 0.15) is 12.4 Å². The zero-order valence-corrected chi connectivity index (χ0v) is 23.7. The number of anilines is 3. The van der Waals surface area contributed by atoms with Crippen molar-refractivity contribution in [3.8, 4) is 0 Å². The highest BCUT2D eigenvalue weighted by Gasteiger charge is 2.29. The summed E-state index contributed by atoms with van der Waals surface area (Å²) in [6.45, 7) is -0.367. The van der Waals surface area contributed by atoms with Crippen molar-refractivity contribution >= 4 is 56.1 Å². The molecular weight excluding hydrogens is 551 g/mol. The van der Waals surface area contributed by atoms with Gasteiger partial charge in [0, 0.05) is 25.3 Å². The lowest BCUT2D eigenvalue weighted by Crippen LogP contribution is -2.39. The van der Waals surface area contributed by atoms with Crippen LogP contribution in [0.15, 0.2) is 66.7 Å². The standard InChI is InChI=1S/C29H29FN4O6S/c1-33(2)25(35)17-34(41(4,38)39)22-11-9-21(10-12-22)31-28(19-7-5-6-18(14-19)15-26(36)40-3)27-23-13-8-20(30)16-24(23)32-29(27)37/h5-14,16,31H,15,17H2,1-4H3,(H,32,37). The van der Waals surface area contributed by atoms with Gasteiger partial charge >= 0.3 is 5.97 Å². The Kier molecular flexibility index (Phi) is 8.43. The van der Waals surface area contributed by atoms with Crippen LogP contribution in [0, 0.1) is 5.82 Å². The minimum atomic E-state index is -3.77. The van der Waals surface area contributed by atoms with Crippen LogP contribution in [0.2, 0.25) is 0 Å². The Morgan fingerprint density at radius 1 is 1.02 bits per heavy atom. The van der Waals surface area contributed by atoms with Crippen LogP contribution in [-0.4, -0.2) is 65.1 Å². The van der Waals surface area contributed by atoms with Crippen molar-refractivity contribution in [1.29, 1.82) is 0 Å². The summed E-state index contributed by atoms with van der Waals surface area (Å²) < 4.78 is 44.6. The van der Waals surface area contributed by atoms with Crippen molar-refractivity contribution in [3.63, 3.8) is 0 Å². The van der Waals surface area contributed by atoms with Gasteiger partial charge in [-0.3, -0.25) is 18.7 Å². The van der Waals surface area contributed by atoms with Gasteiger partial charge in [0.2, 0.25) is 15.9 Å². The summed E-state index contributed by atoms with van der Waals surface area (Å²) in [6, 6.07) is 17.3. The molecule has 0 aromatic heterocycles. The predicted molar refractivity (Wildman–Crippen MR) is 155 cm³/mol. The summed E-state index contributed by atoms with van der Waals surface area (Å²) >= 11 is 0. The summed E-state index contributed by atoms with van der Waals surface area (Å²) in [5, 5.41) is 5.94. The molecule has 0 bridgehead atoms. The Labute approximate surface area is 237 Å². The van der Waals surface area contributed by atoms with Gasteiger partial charge in [0.05, 0.1) is 42.4 Å². The minimum Gasteiger partial charge on any atom is -0.469 e. The zero-order chi connectivity index (χ0) is 29.9. The van der Waals surface area contributed by atoms with Gasteiger partial charge in [-0.2, -0.15) is 0 Å². The molecule has 0 aliphatic carbocycles. The first-order valence-electron chi connectivity index (χ1n) is 12.4. The van der Waals surface area contributed by atoms with Crippen molar-refractivity contribution in [2.75, 3.05) is 48.9 Å². The van der Waals surface area contributed by atoms with E-state index < -0.39 is 27.7 Å². The molecule has 1 aliphatic heterocycles. The molecule has 0 atom stereocenters. The van der Waals surface area contributed by atoms with Gasteiger partial charge in [-0.25, -0.2) is 12.8 Å². The molecule has 10 nitrogen and oxygen atoms in total. The molecule has 1 aliphatic rings. The normalized spacial score (nSPS) is 13.6. The average molecular weight is 581 g/mol. The first kappa shape index (κ1) is 29.3. The molecule has 2 amide bonds. The maximum Gasteiger partial charge on any atom is 0.309 e. The highest BCUT2D eigenvalue weighted by molar-refractivity contribution is 7.92. The number of benzene rings is 3. The Hall–Kier alpha value is -4.71. The second kappa shape index (κ2) is 11.8. The molecule has 0 saturated carbocycles. The quantitative estimate of drug-likeness (QED) is 0.294. The van der Waals surface area contributed by atoms with Gasteiger partial charge in [0.25, 0.3) is 5.91 Å². The van der Waals surface area contributed by atoms with Crippen LogP contribution >= 0.6 is 0 Å². The fraction of sp³-hybridized carbons (Fsp3) is 0.207. The third-order valence-corrected chi connectivity index (χ3v) is 7.51. The predicted octanol–water partition coefficient (Wildman–Crippen LogP) is 3.33. The number of nitrogens with one attached hydrogen (secondary N) is 2.